The summed E-state index contributed by atoms with van der Waals surface area (Å²) >= 11 is 0. The van der Waals surface area contributed by atoms with E-state index in [2.05, 4.69) is 41.5 Å². The van der Waals surface area contributed by atoms with Gasteiger partial charge in [0, 0.05) is 0 Å². The van der Waals surface area contributed by atoms with Crippen molar-refractivity contribution in [3.63, 3.8) is 0 Å². The van der Waals surface area contributed by atoms with Crippen LogP contribution in [0.2, 0.25) is 0 Å². The normalized spacial score (nSPS) is 14.6. The average Bonchev–Trinajstić information content (AvgIpc) is 2.20. The molecule has 0 radical (unpaired) electrons. The van der Waals surface area contributed by atoms with Crippen LogP contribution in [-0.4, -0.2) is 17.4 Å². The molecule has 0 rings (SSSR count). The number of ether oxygens (including phenoxy) is 2. The van der Waals surface area contributed by atoms with Gasteiger partial charge in [-0.1, -0.05) is 53.7 Å². The van der Waals surface area contributed by atoms with E-state index in [1.54, 1.807) is 0 Å². The zero-order valence-electron chi connectivity index (χ0n) is 16.0. The van der Waals surface area contributed by atoms with Crippen molar-refractivity contribution in [2.24, 2.45) is 10.8 Å². The number of carbonyl (C=O) groups is 1. The maximum absolute atomic E-state index is 12.0. The van der Waals surface area contributed by atoms with Gasteiger partial charge in [-0.25, -0.2) is 4.79 Å². The molecule has 0 amide bonds. The van der Waals surface area contributed by atoms with Gasteiger partial charge in [-0.05, 0) is 50.7 Å². The maximum Gasteiger partial charge on any atom is 0.509 e. The smallest absolute Gasteiger partial charge is 0.424 e. The molecule has 0 heterocycles. The van der Waals surface area contributed by atoms with Crippen molar-refractivity contribution < 1.29 is 14.3 Å². The third-order valence-electron chi connectivity index (χ3n) is 2.66. The van der Waals surface area contributed by atoms with Gasteiger partial charge in [-0.15, -0.1) is 0 Å². The highest BCUT2D eigenvalue weighted by atomic mass is 16.7. The monoisotopic (exact) mass is 310 g/mol. The van der Waals surface area contributed by atoms with Crippen molar-refractivity contribution in [1.29, 1.82) is 0 Å². The highest BCUT2D eigenvalue weighted by Gasteiger charge is 2.27. The van der Waals surface area contributed by atoms with Gasteiger partial charge in [0.25, 0.3) is 0 Å². The van der Waals surface area contributed by atoms with Gasteiger partial charge in [0.05, 0.1) is 0 Å². The second-order valence-electron chi connectivity index (χ2n) is 9.06. The van der Waals surface area contributed by atoms with E-state index >= 15 is 0 Å². The Labute approximate surface area is 136 Å². The van der Waals surface area contributed by atoms with Crippen LogP contribution in [-0.2, 0) is 9.47 Å². The number of allylic oxidation sites excluding steroid dienone is 2. The van der Waals surface area contributed by atoms with E-state index in [9.17, 15) is 4.79 Å². The summed E-state index contributed by atoms with van der Waals surface area (Å²) in [7, 11) is 0. The Bertz CT molecular complexity index is 387. The quantitative estimate of drug-likeness (QED) is 0.479. The minimum absolute atomic E-state index is 0.0409. The van der Waals surface area contributed by atoms with Gasteiger partial charge in [-0.2, -0.15) is 0 Å². The Kier molecular flexibility index (Phi) is 6.50. The molecular weight excluding hydrogens is 276 g/mol. The third-order valence-corrected chi connectivity index (χ3v) is 2.66. The van der Waals surface area contributed by atoms with Gasteiger partial charge in [0.1, 0.15) is 11.2 Å². The second kappa shape index (κ2) is 6.89. The average molecular weight is 310 g/mol. The molecule has 0 aliphatic rings. The standard InChI is InChI=1S/C19H34O3/c1-16(2,3)11-13-18(7,8)21-15(20)22-19(9,10)14-12-17(4,5)6/h11-14H,1-10H3. The number of carbonyl (C=O) groups excluding carboxylic acids is 1. The molecule has 0 aliphatic heterocycles. The van der Waals surface area contributed by atoms with Crippen LogP contribution >= 0.6 is 0 Å². The summed E-state index contributed by atoms with van der Waals surface area (Å²) < 4.78 is 10.8. The molecule has 3 heteroatoms. The SMILES string of the molecule is CC(C)(C)C=CC(C)(C)OC(=O)OC(C)(C)C=CC(C)(C)C. The minimum atomic E-state index is -0.700. The van der Waals surface area contributed by atoms with Crippen LogP contribution in [0.4, 0.5) is 4.79 Å². The molecule has 0 saturated carbocycles. The lowest BCUT2D eigenvalue weighted by Gasteiger charge is -2.27. The van der Waals surface area contributed by atoms with E-state index in [0.29, 0.717) is 0 Å². The van der Waals surface area contributed by atoms with E-state index in [1.165, 1.54) is 0 Å². The highest BCUT2D eigenvalue weighted by Crippen LogP contribution is 2.23. The lowest BCUT2D eigenvalue weighted by atomic mass is 9.93. The molecule has 0 bridgehead atoms. The molecule has 0 aromatic heterocycles. The first-order valence-corrected chi connectivity index (χ1v) is 7.84. The fourth-order valence-corrected chi connectivity index (χ4v) is 1.42. The van der Waals surface area contributed by atoms with Crippen molar-refractivity contribution in [3.05, 3.63) is 24.3 Å². The Morgan fingerprint density at radius 1 is 0.591 bits per heavy atom. The lowest BCUT2D eigenvalue weighted by Crippen LogP contribution is -2.32. The van der Waals surface area contributed by atoms with Crippen molar-refractivity contribution >= 4 is 6.16 Å². The third kappa shape index (κ3) is 11.4. The second-order valence-corrected chi connectivity index (χ2v) is 9.06. The summed E-state index contributed by atoms with van der Waals surface area (Å²) in [6, 6.07) is 0. The van der Waals surface area contributed by atoms with Crippen molar-refractivity contribution in [2.45, 2.75) is 80.4 Å². The van der Waals surface area contributed by atoms with Crippen LogP contribution in [0, 0.1) is 10.8 Å². The summed E-state index contributed by atoms with van der Waals surface area (Å²) in [5, 5.41) is 0. The molecule has 0 spiro atoms. The van der Waals surface area contributed by atoms with E-state index in [0.717, 1.165) is 0 Å². The predicted molar refractivity (Wildman–Crippen MR) is 92.9 cm³/mol. The van der Waals surface area contributed by atoms with Crippen LogP contribution in [0.3, 0.4) is 0 Å². The van der Waals surface area contributed by atoms with Gasteiger partial charge in [-0.3, -0.25) is 0 Å². The van der Waals surface area contributed by atoms with Crippen molar-refractivity contribution in [3.8, 4) is 0 Å². The Morgan fingerprint density at radius 3 is 1.09 bits per heavy atom. The molecule has 0 atom stereocenters. The first-order chi connectivity index (χ1) is 9.52. The number of rotatable bonds is 4. The first kappa shape index (κ1) is 20.8. The summed E-state index contributed by atoms with van der Waals surface area (Å²) in [6.07, 6.45) is 7.20. The van der Waals surface area contributed by atoms with Gasteiger partial charge in [0.15, 0.2) is 0 Å². The molecule has 128 valence electrons. The zero-order valence-corrected chi connectivity index (χ0v) is 16.0. The highest BCUT2D eigenvalue weighted by molar-refractivity contribution is 5.61. The molecule has 0 aliphatic carbocycles. The summed E-state index contributed by atoms with van der Waals surface area (Å²) in [5.74, 6) is 0. The molecule has 0 aromatic carbocycles. The van der Waals surface area contributed by atoms with Crippen LogP contribution in [0.5, 0.6) is 0 Å². The number of hydrogen-bond acceptors (Lipinski definition) is 3. The van der Waals surface area contributed by atoms with Gasteiger partial charge in [0.2, 0.25) is 0 Å². The van der Waals surface area contributed by atoms with E-state index < -0.39 is 17.4 Å². The van der Waals surface area contributed by atoms with Crippen molar-refractivity contribution in [2.75, 3.05) is 0 Å². The topological polar surface area (TPSA) is 35.5 Å². The molecule has 0 aromatic rings. The Balaban J connectivity index is 4.74. The lowest BCUT2D eigenvalue weighted by molar-refractivity contribution is -0.0293. The van der Waals surface area contributed by atoms with Crippen molar-refractivity contribution in [1.82, 2.24) is 0 Å². The summed E-state index contributed by atoms with van der Waals surface area (Å²) in [6.45, 7) is 19.9. The zero-order chi connectivity index (χ0) is 17.8. The fraction of sp³-hybridized carbons (Fsp3) is 0.737. The Hall–Kier alpha value is -1.25. The van der Waals surface area contributed by atoms with Crippen LogP contribution < -0.4 is 0 Å². The van der Waals surface area contributed by atoms with Crippen LogP contribution in [0.1, 0.15) is 69.2 Å². The fourth-order valence-electron chi connectivity index (χ4n) is 1.42. The maximum atomic E-state index is 12.0. The largest absolute Gasteiger partial charge is 0.509 e. The Morgan fingerprint density at radius 2 is 0.864 bits per heavy atom. The van der Waals surface area contributed by atoms with Crippen LogP contribution in [0.25, 0.3) is 0 Å². The summed E-state index contributed by atoms with van der Waals surface area (Å²) in [4.78, 5) is 12.0. The van der Waals surface area contributed by atoms with E-state index in [-0.39, 0.29) is 10.8 Å². The van der Waals surface area contributed by atoms with Gasteiger partial charge >= 0.3 is 6.16 Å². The van der Waals surface area contributed by atoms with E-state index in [1.807, 2.05) is 52.0 Å². The van der Waals surface area contributed by atoms with E-state index in [4.69, 9.17) is 9.47 Å². The molecule has 0 N–H and O–H groups in total. The van der Waals surface area contributed by atoms with Gasteiger partial charge < -0.3 is 9.47 Å². The molecule has 0 fully saturated rings. The molecule has 22 heavy (non-hydrogen) atoms. The minimum Gasteiger partial charge on any atom is -0.424 e. The van der Waals surface area contributed by atoms with Crippen LogP contribution in [0.15, 0.2) is 24.3 Å². The molecule has 0 saturated heterocycles. The molecule has 0 unspecified atom stereocenters. The molecular formula is C19H34O3. The first-order valence-electron chi connectivity index (χ1n) is 7.84. The summed E-state index contributed by atoms with van der Waals surface area (Å²) in [5.41, 5.74) is -1.32. The molecule has 3 nitrogen and oxygen atoms in total. The predicted octanol–water partition coefficient (Wildman–Crippen LogP) is 5.90. The number of hydrogen-bond donors (Lipinski definition) is 0.